The van der Waals surface area contributed by atoms with Crippen molar-refractivity contribution in [2.75, 3.05) is 0 Å². The molecular weight excluding hydrogens is 417 g/mol. The SMILES string of the molecule is C[C@@](N)(Cc1ccccc1)c1nnc(C(c2ccc(Cl)cc2)c2ccc(Cl)cc2)o1. The van der Waals surface area contributed by atoms with Crippen molar-refractivity contribution in [1.82, 2.24) is 10.2 Å². The van der Waals surface area contributed by atoms with Gasteiger partial charge in [0.25, 0.3) is 0 Å². The van der Waals surface area contributed by atoms with Gasteiger partial charge in [0.15, 0.2) is 0 Å². The lowest BCUT2D eigenvalue weighted by Gasteiger charge is -2.20. The summed E-state index contributed by atoms with van der Waals surface area (Å²) in [6.07, 6.45) is 0.585. The second kappa shape index (κ2) is 8.60. The Hall–Kier alpha value is -2.66. The number of benzene rings is 3. The molecule has 0 spiro atoms. The van der Waals surface area contributed by atoms with Gasteiger partial charge in [-0.25, -0.2) is 0 Å². The van der Waals surface area contributed by atoms with Crippen LogP contribution >= 0.6 is 23.2 Å². The minimum atomic E-state index is -0.794. The molecule has 1 atom stereocenters. The molecule has 0 saturated heterocycles. The van der Waals surface area contributed by atoms with Crippen LogP contribution in [0.3, 0.4) is 0 Å². The fourth-order valence-electron chi connectivity index (χ4n) is 3.47. The minimum Gasteiger partial charge on any atom is -0.422 e. The molecule has 0 aliphatic rings. The van der Waals surface area contributed by atoms with Gasteiger partial charge in [-0.05, 0) is 54.3 Å². The van der Waals surface area contributed by atoms with E-state index in [0.717, 1.165) is 16.7 Å². The van der Waals surface area contributed by atoms with Crippen LogP contribution in [0.2, 0.25) is 10.0 Å². The number of nitrogens with two attached hydrogens (primary N) is 1. The highest BCUT2D eigenvalue weighted by molar-refractivity contribution is 6.30. The molecular formula is C24H21Cl2N3O. The van der Waals surface area contributed by atoms with Gasteiger partial charge in [0.05, 0.1) is 11.5 Å². The van der Waals surface area contributed by atoms with Crippen LogP contribution in [-0.2, 0) is 12.0 Å². The summed E-state index contributed by atoms with van der Waals surface area (Å²) in [5.41, 5.74) is 8.85. The van der Waals surface area contributed by atoms with Crippen LogP contribution in [0.15, 0.2) is 83.3 Å². The van der Waals surface area contributed by atoms with Gasteiger partial charge >= 0.3 is 0 Å². The molecule has 0 aliphatic carbocycles. The first-order valence-corrected chi connectivity index (χ1v) is 10.4. The standard InChI is InChI=1S/C24H21Cl2N3O/c1-24(27,15-16-5-3-2-4-6-16)23-29-28-22(30-23)21(17-7-11-19(25)12-8-17)18-9-13-20(26)14-10-18/h2-14,21H,15,27H2,1H3/t24-/m1/s1. The Bertz CT molecular complexity index is 1060. The maximum absolute atomic E-state index is 6.57. The van der Waals surface area contributed by atoms with Gasteiger partial charge in [-0.3, -0.25) is 0 Å². The fraction of sp³-hybridized carbons (Fsp3) is 0.167. The van der Waals surface area contributed by atoms with Crippen molar-refractivity contribution in [3.63, 3.8) is 0 Å². The molecule has 0 bridgehead atoms. The number of nitrogens with zero attached hydrogens (tertiary/aromatic N) is 2. The van der Waals surface area contributed by atoms with E-state index >= 15 is 0 Å². The van der Waals surface area contributed by atoms with E-state index in [1.807, 2.05) is 85.8 Å². The average Bonchev–Trinajstić information content (AvgIpc) is 3.22. The molecule has 3 aromatic carbocycles. The van der Waals surface area contributed by atoms with Gasteiger partial charge in [-0.2, -0.15) is 0 Å². The molecule has 0 amide bonds. The molecule has 4 aromatic rings. The molecule has 1 heterocycles. The Labute approximate surface area is 185 Å². The highest BCUT2D eigenvalue weighted by atomic mass is 35.5. The zero-order valence-electron chi connectivity index (χ0n) is 16.4. The molecule has 2 N–H and O–H groups in total. The fourth-order valence-corrected chi connectivity index (χ4v) is 3.72. The van der Waals surface area contributed by atoms with Gasteiger partial charge in [0.1, 0.15) is 0 Å². The maximum Gasteiger partial charge on any atom is 0.236 e. The first kappa shape index (κ1) is 20.6. The van der Waals surface area contributed by atoms with Crippen LogP contribution in [0.1, 0.15) is 41.3 Å². The van der Waals surface area contributed by atoms with Crippen molar-refractivity contribution >= 4 is 23.2 Å². The Kier molecular flexibility index (Phi) is 5.91. The third-order valence-electron chi connectivity index (χ3n) is 5.00. The number of aromatic nitrogens is 2. The van der Waals surface area contributed by atoms with E-state index in [0.29, 0.717) is 28.2 Å². The lowest BCUT2D eigenvalue weighted by Crippen LogP contribution is -2.35. The number of hydrogen-bond acceptors (Lipinski definition) is 4. The summed E-state index contributed by atoms with van der Waals surface area (Å²) in [5.74, 6) is 0.613. The number of rotatable bonds is 6. The summed E-state index contributed by atoms with van der Waals surface area (Å²) in [5, 5.41) is 9.98. The van der Waals surface area contributed by atoms with E-state index in [1.165, 1.54) is 0 Å². The van der Waals surface area contributed by atoms with Gasteiger partial charge < -0.3 is 10.2 Å². The molecule has 0 radical (unpaired) electrons. The predicted molar refractivity (Wildman–Crippen MR) is 120 cm³/mol. The Morgan fingerprint density at radius 2 is 1.37 bits per heavy atom. The van der Waals surface area contributed by atoms with E-state index in [9.17, 15) is 0 Å². The van der Waals surface area contributed by atoms with Crippen molar-refractivity contribution in [1.29, 1.82) is 0 Å². The monoisotopic (exact) mass is 437 g/mol. The lowest BCUT2D eigenvalue weighted by molar-refractivity contribution is 0.335. The van der Waals surface area contributed by atoms with Gasteiger partial charge in [0, 0.05) is 10.0 Å². The summed E-state index contributed by atoms with van der Waals surface area (Å²) < 4.78 is 6.14. The summed E-state index contributed by atoms with van der Waals surface area (Å²) >= 11 is 12.2. The summed E-state index contributed by atoms with van der Waals surface area (Å²) in [6.45, 7) is 1.90. The zero-order chi connectivity index (χ0) is 21.1. The van der Waals surface area contributed by atoms with Gasteiger partial charge in [0.2, 0.25) is 11.8 Å². The lowest BCUT2D eigenvalue weighted by atomic mass is 9.91. The molecule has 4 rings (SSSR count). The highest BCUT2D eigenvalue weighted by Gasteiger charge is 2.31. The van der Waals surface area contributed by atoms with Crippen LogP contribution in [0.5, 0.6) is 0 Å². The Balaban J connectivity index is 1.70. The van der Waals surface area contributed by atoms with E-state index in [-0.39, 0.29) is 5.92 Å². The molecule has 0 fully saturated rings. The van der Waals surface area contributed by atoms with Crippen molar-refractivity contribution < 1.29 is 4.42 Å². The van der Waals surface area contributed by atoms with Crippen molar-refractivity contribution in [3.8, 4) is 0 Å². The number of halogens is 2. The van der Waals surface area contributed by atoms with Crippen LogP contribution in [0, 0.1) is 0 Å². The molecule has 1 aromatic heterocycles. The molecule has 152 valence electrons. The second-order valence-corrected chi connectivity index (χ2v) is 8.43. The Morgan fingerprint density at radius 3 is 1.90 bits per heavy atom. The zero-order valence-corrected chi connectivity index (χ0v) is 17.9. The van der Waals surface area contributed by atoms with E-state index < -0.39 is 5.54 Å². The molecule has 6 heteroatoms. The smallest absolute Gasteiger partial charge is 0.236 e. The van der Waals surface area contributed by atoms with Crippen molar-refractivity contribution in [2.45, 2.75) is 24.8 Å². The predicted octanol–water partition coefficient (Wildman–Crippen LogP) is 5.97. The van der Waals surface area contributed by atoms with E-state index in [4.69, 9.17) is 33.4 Å². The maximum atomic E-state index is 6.57. The number of hydrogen-bond donors (Lipinski definition) is 1. The van der Waals surface area contributed by atoms with Crippen molar-refractivity contribution in [2.24, 2.45) is 5.73 Å². The first-order chi connectivity index (χ1) is 14.4. The second-order valence-electron chi connectivity index (χ2n) is 7.56. The van der Waals surface area contributed by atoms with Crippen LogP contribution in [0.25, 0.3) is 0 Å². The Morgan fingerprint density at radius 1 is 0.833 bits per heavy atom. The molecule has 30 heavy (non-hydrogen) atoms. The van der Waals surface area contributed by atoms with Gasteiger partial charge in [-0.1, -0.05) is 77.8 Å². The third kappa shape index (κ3) is 4.57. The normalized spacial score (nSPS) is 13.4. The quantitative estimate of drug-likeness (QED) is 0.403. The minimum absolute atomic E-state index is 0.256. The van der Waals surface area contributed by atoms with E-state index in [1.54, 1.807) is 0 Å². The largest absolute Gasteiger partial charge is 0.422 e. The van der Waals surface area contributed by atoms with Crippen molar-refractivity contribution in [3.05, 3.63) is 117 Å². The molecule has 0 aliphatic heterocycles. The average molecular weight is 438 g/mol. The topological polar surface area (TPSA) is 64.9 Å². The first-order valence-electron chi connectivity index (χ1n) is 9.60. The van der Waals surface area contributed by atoms with E-state index in [2.05, 4.69) is 10.2 Å². The molecule has 4 nitrogen and oxygen atoms in total. The van der Waals surface area contributed by atoms with Crippen LogP contribution < -0.4 is 5.73 Å². The summed E-state index contributed by atoms with van der Waals surface area (Å²) in [6, 6.07) is 25.2. The highest BCUT2D eigenvalue weighted by Crippen LogP contribution is 2.34. The summed E-state index contributed by atoms with van der Waals surface area (Å²) in [7, 11) is 0. The molecule has 0 unspecified atom stereocenters. The third-order valence-corrected chi connectivity index (χ3v) is 5.50. The molecule has 0 saturated carbocycles. The van der Waals surface area contributed by atoms with Crippen LogP contribution in [0.4, 0.5) is 0 Å². The summed E-state index contributed by atoms with van der Waals surface area (Å²) in [4.78, 5) is 0. The van der Waals surface area contributed by atoms with Crippen LogP contribution in [-0.4, -0.2) is 10.2 Å². The van der Waals surface area contributed by atoms with Gasteiger partial charge in [-0.15, -0.1) is 10.2 Å².